The maximum Gasteiger partial charge on any atom is 0.243 e. The van der Waals surface area contributed by atoms with Crippen LogP contribution in [0.5, 0.6) is 0 Å². The van der Waals surface area contributed by atoms with Crippen molar-refractivity contribution in [2.75, 3.05) is 10.2 Å². The number of fused-ring (bicyclic) bond motifs is 7. The molecule has 1 aliphatic heterocycles. The molecule has 0 amide bonds. The van der Waals surface area contributed by atoms with Crippen molar-refractivity contribution < 1.29 is 8.78 Å². The molecule has 0 saturated heterocycles. The van der Waals surface area contributed by atoms with E-state index in [1.54, 1.807) is 33.8 Å². The summed E-state index contributed by atoms with van der Waals surface area (Å²) in [6, 6.07) is 27.7. The average Bonchev–Trinajstić information content (AvgIpc) is 3.39. The molecule has 9 heteroatoms. The van der Waals surface area contributed by atoms with Crippen LogP contribution in [0.3, 0.4) is 0 Å². The van der Waals surface area contributed by atoms with Crippen molar-refractivity contribution in [2.45, 2.75) is 0 Å². The van der Waals surface area contributed by atoms with Crippen molar-refractivity contribution in [1.29, 1.82) is 0 Å². The predicted molar refractivity (Wildman–Crippen MR) is 135 cm³/mol. The van der Waals surface area contributed by atoms with Crippen molar-refractivity contribution in [3.63, 3.8) is 0 Å². The third-order valence-corrected chi connectivity index (χ3v) is 6.08. The SMILES string of the molecule is Fc1ccc(NC2=Nc3ccccc3-n3c(nn4nc5ccccc5c34)N2c2ccc(F)cc2)cc1. The first kappa shape index (κ1) is 20.3. The van der Waals surface area contributed by atoms with Gasteiger partial charge in [-0.1, -0.05) is 24.3 Å². The minimum atomic E-state index is -0.356. The molecule has 0 fully saturated rings. The maximum atomic E-state index is 13.9. The second-order valence-corrected chi connectivity index (χ2v) is 8.33. The van der Waals surface area contributed by atoms with Crippen LogP contribution in [0.1, 0.15) is 0 Å². The summed E-state index contributed by atoms with van der Waals surface area (Å²) in [5.41, 5.74) is 4.36. The number of aromatic nitrogens is 4. The zero-order valence-electron chi connectivity index (χ0n) is 18.7. The average molecular weight is 477 g/mol. The van der Waals surface area contributed by atoms with Gasteiger partial charge in [-0.15, -0.1) is 14.8 Å². The fraction of sp³-hybridized carbons (Fsp3) is 0. The molecule has 6 aromatic rings. The molecular weight excluding hydrogens is 460 g/mol. The number of anilines is 3. The molecule has 2 aromatic heterocycles. The highest BCUT2D eigenvalue weighted by atomic mass is 19.1. The smallest absolute Gasteiger partial charge is 0.243 e. The topological polar surface area (TPSA) is 62.8 Å². The molecule has 174 valence electrons. The lowest BCUT2D eigenvalue weighted by Gasteiger charge is -2.24. The second kappa shape index (κ2) is 7.74. The Labute approximate surface area is 203 Å². The number of nitrogens with one attached hydrogen (secondary N) is 1. The fourth-order valence-electron chi connectivity index (χ4n) is 4.46. The van der Waals surface area contributed by atoms with Crippen LogP contribution in [-0.4, -0.2) is 25.4 Å². The van der Waals surface area contributed by atoms with Crippen LogP contribution in [-0.2, 0) is 0 Å². The molecular formula is C27H17F2N7. The van der Waals surface area contributed by atoms with E-state index in [-0.39, 0.29) is 11.6 Å². The zero-order valence-corrected chi connectivity index (χ0v) is 18.7. The van der Waals surface area contributed by atoms with Gasteiger partial charge in [0.15, 0.2) is 5.65 Å². The molecule has 1 N–H and O–H groups in total. The van der Waals surface area contributed by atoms with E-state index in [9.17, 15) is 8.78 Å². The number of benzene rings is 4. The number of hydrogen-bond acceptors (Lipinski definition) is 5. The third kappa shape index (κ3) is 3.13. The Balaban J connectivity index is 1.54. The number of aliphatic imine (C=N–C) groups is 1. The second-order valence-electron chi connectivity index (χ2n) is 8.33. The van der Waals surface area contributed by atoms with Crippen LogP contribution in [0, 0.1) is 11.6 Å². The third-order valence-electron chi connectivity index (χ3n) is 6.08. The van der Waals surface area contributed by atoms with Gasteiger partial charge in [0.25, 0.3) is 0 Å². The number of guanidine groups is 1. The van der Waals surface area contributed by atoms with Gasteiger partial charge >= 0.3 is 0 Å². The molecule has 4 aromatic carbocycles. The summed E-state index contributed by atoms with van der Waals surface area (Å²) in [7, 11) is 0. The summed E-state index contributed by atoms with van der Waals surface area (Å²) >= 11 is 0. The first-order valence-corrected chi connectivity index (χ1v) is 11.3. The summed E-state index contributed by atoms with van der Waals surface area (Å²) in [4.78, 5) is 6.75. The Bertz CT molecular complexity index is 1780. The summed E-state index contributed by atoms with van der Waals surface area (Å²) in [5, 5.41) is 13.8. The molecule has 1 aliphatic rings. The fourth-order valence-corrected chi connectivity index (χ4v) is 4.46. The Hall–Kier alpha value is -5.05. The monoisotopic (exact) mass is 477 g/mol. The van der Waals surface area contributed by atoms with Gasteiger partial charge < -0.3 is 5.32 Å². The Kier molecular flexibility index (Phi) is 4.37. The van der Waals surface area contributed by atoms with E-state index < -0.39 is 0 Å². The molecule has 0 bridgehead atoms. The minimum absolute atomic E-state index is 0.340. The van der Waals surface area contributed by atoms with Crippen LogP contribution in [0.15, 0.2) is 102 Å². The van der Waals surface area contributed by atoms with Gasteiger partial charge in [0, 0.05) is 11.1 Å². The molecule has 0 saturated carbocycles. The minimum Gasteiger partial charge on any atom is -0.325 e. The highest BCUT2D eigenvalue weighted by Crippen LogP contribution is 2.38. The largest absolute Gasteiger partial charge is 0.325 e. The lowest BCUT2D eigenvalue weighted by Crippen LogP contribution is -2.33. The molecule has 7 rings (SSSR count). The van der Waals surface area contributed by atoms with Crippen LogP contribution < -0.4 is 10.2 Å². The lowest BCUT2D eigenvalue weighted by molar-refractivity contribution is 0.627. The predicted octanol–water partition coefficient (Wildman–Crippen LogP) is 6.20. The normalized spacial score (nSPS) is 12.8. The van der Waals surface area contributed by atoms with E-state index in [2.05, 4.69) is 10.4 Å². The molecule has 0 aliphatic carbocycles. The van der Waals surface area contributed by atoms with E-state index in [0.29, 0.717) is 29.0 Å². The van der Waals surface area contributed by atoms with Gasteiger partial charge in [0.05, 0.1) is 22.6 Å². The van der Waals surface area contributed by atoms with Crippen molar-refractivity contribution in [2.24, 2.45) is 4.99 Å². The van der Waals surface area contributed by atoms with E-state index in [4.69, 9.17) is 10.1 Å². The van der Waals surface area contributed by atoms with Crippen molar-refractivity contribution in [1.82, 2.24) is 19.4 Å². The van der Waals surface area contributed by atoms with Gasteiger partial charge in [-0.25, -0.2) is 18.7 Å². The Morgan fingerprint density at radius 1 is 0.694 bits per heavy atom. The molecule has 0 spiro atoms. The molecule has 3 heterocycles. The van der Waals surface area contributed by atoms with Gasteiger partial charge in [-0.2, -0.15) is 0 Å². The summed E-state index contributed by atoms with van der Waals surface area (Å²) in [5.74, 6) is 0.226. The van der Waals surface area contributed by atoms with E-state index in [1.165, 1.54) is 24.3 Å². The zero-order chi connectivity index (χ0) is 24.2. The maximum absolute atomic E-state index is 13.9. The highest BCUT2D eigenvalue weighted by molar-refractivity contribution is 6.12. The number of para-hydroxylation sites is 2. The van der Waals surface area contributed by atoms with Crippen LogP contribution in [0.2, 0.25) is 0 Å². The van der Waals surface area contributed by atoms with Crippen LogP contribution in [0.4, 0.5) is 31.8 Å². The van der Waals surface area contributed by atoms with Crippen molar-refractivity contribution in [3.8, 4) is 5.69 Å². The summed E-state index contributed by atoms with van der Waals surface area (Å²) in [6.45, 7) is 0. The van der Waals surface area contributed by atoms with Gasteiger partial charge in [-0.05, 0) is 72.8 Å². The van der Waals surface area contributed by atoms with E-state index in [0.717, 1.165) is 22.2 Å². The van der Waals surface area contributed by atoms with Gasteiger partial charge in [-0.3, -0.25) is 4.57 Å². The quantitative estimate of drug-likeness (QED) is 0.322. The number of hydrogen-bond donors (Lipinski definition) is 1. The van der Waals surface area contributed by atoms with Gasteiger partial charge in [0.1, 0.15) is 11.6 Å². The molecule has 36 heavy (non-hydrogen) atoms. The first-order valence-electron chi connectivity index (χ1n) is 11.3. The number of nitrogens with zero attached hydrogens (tertiary/aromatic N) is 6. The summed E-state index contributed by atoms with van der Waals surface area (Å²) in [6.07, 6.45) is 0. The van der Waals surface area contributed by atoms with E-state index in [1.807, 2.05) is 53.1 Å². The lowest BCUT2D eigenvalue weighted by atomic mass is 10.2. The van der Waals surface area contributed by atoms with Crippen LogP contribution >= 0.6 is 0 Å². The Morgan fingerprint density at radius 3 is 2.19 bits per heavy atom. The molecule has 0 atom stereocenters. The summed E-state index contributed by atoms with van der Waals surface area (Å²) < 4.78 is 31.1. The van der Waals surface area contributed by atoms with Crippen molar-refractivity contribution in [3.05, 3.63) is 109 Å². The van der Waals surface area contributed by atoms with Gasteiger partial charge in [0.2, 0.25) is 11.9 Å². The van der Waals surface area contributed by atoms with Crippen molar-refractivity contribution >= 4 is 45.5 Å². The Morgan fingerprint density at radius 2 is 1.39 bits per heavy atom. The highest BCUT2D eigenvalue weighted by Gasteiger charge is 2.30. The molecule has 0 radical (unpaired) electrons. The van der Waals surface area contributed by atoms with E-state index >= 15 is 0 Å². The standard InChI is InChI=1S/C27H17F2N7/c28-17-9-13-19(14-10-17)30-26-31-23-7-3-4-8-24(23)35-25-21-5-1-2-6-22(21)32-36(25)33-27(35)34(26)20-15-11-18(29)12-16-20/h1-16H,(H,30,31). The number of rotatable bonds is 2. The molecule has 7 nitrogen and oxygen atoms in total. The number of halogens is 2. The first-order chi connectivity index (χ1) is 17.7. The molecule has 0 unspecified atom stereocenters. The van der Waals surface area contributed by atoms with Crippen LogP contribution in [0.25, 0.3) is 22.2 Å².